The Morgan fingerprint density at radius 2 is 1.52 bits per heavy atom. The first-order chi connectivity index (χ1) is 9.53. The number of halogens is 2. The minimum Gasteiger partial charge on any atom is -0.396 e. The van der Waals surface area contributed by atoms with Gasteiger partial charge in [0.05, 0.1) is 5.60 Å². The maximum atomic E-state index is 12.1. The van der Waals surface area contributed by atoms with Crippen LogP contribution in [0.2, 0.25) is 0 Å². The number of nitrogens with zero attached hydrogens (tertiary/aromatic N) is 1. The van der Waals surface area contributed by atoms with Crippen molar-refractivity contribution in [1.82, 2.24) is 4.90 Å². The molecule has 1 aliphatic rings. The molecule has 0 fully saturated rings. The summed E-state index contributed by atoms with van der Waals surface area (Å²) in [7, 11) is 0. The van der Waals surface area contributed by atoms with E-state index < -0.39 is 11.1 Å². The Balaban J connectivity index is 2.67. The molecule has 120 valence electrons. The molecule has 0 aromatic carbocycles. The highest BCUT2D eigenvalue weighted by Gasteiger charge is 2.44. The summed E-state index contributed by atoms with van der Waals surface area (Å²) in [5.74, 6) is -0.682. The predicted molar refractivity (Wildman–Crippen MR) is 87.2 cm³/mol. The minimum atomic E-state index is -0.655. The van der Waals surface area contributed by atoms with Crippen LogP contribution in [-0.4, -0.2) is 46.2 Å². The molecule has 0 bridgehead atoms. The van der Waals surface area contributed by atoms with Gasteiger partial charge in [-0.1, -0.05) is 0 Å². The van der Waals surface area contributed by atoms with Crippen LogP contribution in [0.3, 0.4) is 0 Å². The molecule has 0 aromatic rings. The average molecular weight is 427 g/mol. The summed E-state index contributed by atoms with van der Waals surface area (Å²) in [4.78, 5) is 25.5. The number of aliphatic hydroxyl groups is 1. The first kappa shape index (κ1) is 18.8. The summed E-state index contributed by atoms with van der Waals surface area (Å²) in [6.07, 6.45) is 1.05. The van der Waals surface area contributed by atoms with Crippen molar-refractivity contribution in [1.29, 1.82) is 0 Å². The topological polar surface area (TPSA) is 66.8 Å². The summed E-state index contributed by atoms with van der Waals surface area (Å²) < 4.78 is 6.25. The Labute approximate surface area is 142 Å². The molecule has 0 radical (unpaired) electrons. The van der Waals surface area contributed by atoms with Crippen LogP contribution in [0.25, 0.3) is 0 Å². The number of carbonyl (C=O) groups excluding carboxylic acids is 2. The van der Waals surface area contributed by atoms with Gasteiger partial charge in [-0.25, -0.2) is 0 Å². The number of amides is 2. The molecule has 2 amide bonds. The van der Waals surface area contributed by atoms with Crippen molar-refractivity contribution in [2.24, 2.45) is 0 Å². The molecule has 1 rings (SSSR count). The number of imide groups is 1. The third-order valence-corrected chi connectivity index (χ3v) is 5.50. The van der Waals surface area contributed by atoms with E-state index in [0.717, 1.165) is 0 Å². The first-order valence-corrected chi connectivity index (χ1v) is 8.31. The molecule has 5 nitrogen and oxygen atoms in total. The van der Waals surface area contributed by atoms with E-state index in [1.165, 1.54) is 4.90 Å². The lowest BCUT2D eigenvalue weighted by Gasteiger charge is -2.35. The normalized spacial score (nSPS) is 17.2. The summed E-state index contributed by atoms with van der Waals surface area (Å²) in [6, 6.07) is 0. The zero-order valence-corrected chi connectivity index (χ0v) is 15.9. The fourth-order valence-corrected chi connectivity index (χ4v) is 2.75. The fraction of sp³-hybridized carbons (Fsp3) is 0.714. The fourth-order valence-electron chi connectivity index (χ4n) is 2.06. The zero-order valence-electron chi connectivity index (χ0n) is 12.7. The Bertz CT molecular complexity index is 448. The van der Waals surface area contributed by atoms with Crippen molar-refractivity contribution < 1.29 is 19.4 Å². The van der Waals surface area contributed by atoms with E-state index in [-0.39, 0.29) is 27.4 Å². The van der Waals surface area contributed by atoms with Crippen LogP contribution in [0.1, 0.15) is 40.5 Å². The third-order valence-electron chi connectivity index (χ3n) is 3.50. The highest BCUT2D eigenvalue weighted by molar-refractivity contribution is 9.14. The lowest BCUT2D eigenvalue weighted by Crippen LogP contribution is -2.49. The van der Waals surface area contributed by atoms with Gasteiger partial charge in [-0.15, -0.1) is 0 Å². The second kappa shape index (κ2) is 6.89. The quantitative estimate of drug-likeness (QED) is 0.635. The van der Waals surface area contributed by atoms with Gasteiger partial charge in [0.2, 0.25) is 0 Å². The monoisotopic (exact) mass is 425 g/mol. The third kappa shape index (κ3) is 4.37. The van der Waals surface area contributed by atoms with Crippen LogP contribution in [0.15, 0.2) is 8.96 Å². The summed E-state index contributed by atoms with van der Waals surface area (Å²) in [5, 5.41) is 8.97. The van der Waals surface area contributed by atoms with Crippen molar-refractivity contribution in [3.05, 3.63) is 8.96 Å². The van der Waals surface area contributed by atoms with Gasteiger partial charge < -0.3 is 9.84 Å². The molecular formula is C14H21Br2NO4. The second-order valence-corrected chi connectivity index (χ2v) is 7.80. The highest BCUT2D eigenvalue weighted by atomic mass is 79.9. The molecule has 7 heteroatoms. The van der Waals surface area contributed by atoms with Crippen LogP contribution in [0, 0.1) is 0 Å². The van der Waals surface area contributed by atoms with Gasteiger partial charge in [0, 0.05) is 18.8 Å². The van der Waals surface area contributed by atoms with Crippen LogP contribution in [0.5, 0.6) is 0 Å². The lowest BCUT2D eigenvalue weighted by atomic mass is 9.98. The Kier molecular flexibility index (Phi) is 6.17. The van der Waals surface area contributed by atoms with Gasteiger partial charge in [0.1, 0.15) is 8.96 Å². The smallest absolute Gasteiger partial charge is 0.269 e. The predicted octanol–water partition coefficient (Wildman–Crippen LogP) is 2.70. The largest absolute Gasteiger partial charge is 0.396 e. The molecular weight excluding hydrogens is 406 g/mol. The summed E-state index contributed by atoms with van der Waals surface area (Å²) in [6.45, 7) is 7.91. The van der Waals surface area contributed by atoms with Gasteiger partial charge in [-0.2, -0.15) is 0 Å². The van der Waals surface area contributed by atoms with Gasteiger partial charge >= 0.3 is 0 Å². The van der Waals surface area contributed by atoms with Crippen LogP contribution in [0.4, 0.5) is 0 Å². The number of rotatable bonds is 7. The van der Waals surface area contributed by atoms with Crippen molar-refractivity contribution in [2.75, 3.05) is 13.2 Å². The van der Waals surface area contributed by atoms with Gasteiger partial charge in [-0.05, 0) is 72.4 Å². The Morgan fingerprint density at radius 1 is 1.05 bits per heavy atom. The average Bonchev–Trinajstić information content (AvgIpc) is 2.53. The molecule has 1 aliphatic heterocycles. The maximum absolute atomic E-state index is 12.1. The van der Waals surface area contributed by atoms with Gasteiger partial charge in [0.25, 0.3) is 11.8 Å². The van der Waals surface area contributed by atoms with E-state index in [1.807, 2.05) is 27.7 Å². The molecule has 0 unspecified atom stereocenters. The number of hydrogen-bond donors (Lipinski definition) is 1. The summed E-state index contributed by atoms with van der Waals surface area (Å²) >= 11 is 6.25. The molecule has 0 saturated carbocycles. The summed E-state index contributed by atoms with van der Waals surface area (Å²) in [5.41, 5.74) is -1.08. The molecule has 1 heterocycles. The maximum Gasteiger partial charge on any atom is 0.269 e. The van der Waals surface area contributed by atoms with E-state index in [1.54, 1.807) is 0 Å². The van der Waals surface area contributed by atoms with Crippen molar-refractivity contribution in [3.63, 3.8) is 0 Å². The number of aliphatic hydroxyl groups excluding tert-OH is 1. The Morgan fingerprint density at radius 3 is 1.95 bits per heavy atom. The second-order valence-electron chi connectivity index (χ2n) is 6.22. The number of carbonyl (C=O) groups is 2. The van der Waals surface area contributed by atoms with Crippen LogP contribution < -0.4 is 0 Å². The number of ether oxygens (including phenoxy) is 1. The van der Waals surface area contributed by atoms with E-state index >= 15 is 0 Å². The molecule has 0 aromatic heterocycles. The molecule has 21 heavy (non-hydrogen) atoms. The van der Waals surface area contributed by atoms with Crippen molar-refractivity contribution in [3.8, 4) is 0 Å². The zero-order chi connectivity index (χ0) is 16.4. The molecule has 0 aliphatic carbocycles. The standard InChI is InChI=1S/C14H21Br2NO4/c1-13(2,6-8-21-14(3,4)5-7-18)17-11(19)9(15)10(16)12(17)20/h18H,5-8H2,1-4H3. The van der Waals surface area contributed by atoms with Crippen LogP contribution in [-0.2, 0) is 14.3 Å². The van der Waals surface area contributed by atoms with E-state index in [2.05, 4.69) is 31.9 Å². The minimum absolute atomic E-state index is 0.0588. The van der Waals surface area contributed by atoms with Crippen molar-refractivity contribution in [2.45, 2.75) is 51.7 Å². The highest BCUT2D eigenvalue weighted by Crippen LogP contribution is 2.35. The number of hydrogen-bond acceptors (Lipinski definition) is 4. The SMILES string of the molecule is CC(C)(CCO)OCCC(C)(C)N1C(=O)C(Br)=C(Br)C1=O. The van der Waals surface area contributed by atoms with E-state index in [9.17, 15) is 9.59 Å². The lowest BCUT2D eigenvalue weighted by molar-refractivity contribution is -0.144. The molecule has 0 spiro atoms. The van der Waals surface area contributed by atoms with Gasteiger partial charge in [0.15, 0.2) is 0 Å². The molecule has 0 atom stereocenters. The first-order valence-electron chi connectivity index (χ1n) is 6.72. The molecule has 0 saturated heterocycles. The van der Waals surface area contributed by atoms with E-state index in [4.69, 9.17) is 9.84 Å². The van der Waals surface area contributed by atoms with Gasteiger partial charge in [-0.3, -0.25) is 14.5 Å². The Hall–Kier alpha value is -0.240. The van der Waals surface area contributed by atoms with E-state index in [0.29, 0.717) is 19.4 Å². The molecule has 1 N–H and O–H groups in total. The van der Waals surface area contributed by atoms with Crippen LogP contribution >= 0.6 is 31.9 Å². The van der Waals surface area contributed by atoms with Crippen molar-refractivity contribution >= 4 is 43.7 Å².